The first-order valence-corrected chi connectivity index (χ1v) is 11.1. The van der Waals surface area contributed by atoms with Crippen LogP contribution in [-0.2, 0) is 11.3 Å². The third-order valence-corrected chi connectivity index (χ3v) is 5.41. The van der Waals surface area contributed by atoms with E-state index in [1.54, 1.807) is 36.2 Å². The number of hydrogen-bond donors (Lipinski definition) is 1. The first-order valence-electron chi connectivity index (χ1n) is 11.1. The number of nitrogens with one attached hydrogen (secondary N) is 1. The summed E-state index contributed by atoms with van der Waals surface area (Å²) in [5.74, 6) is 0.322. The number of nitrogens with zero attached hydrogens (tertiary/aromatic N) is 2. The molecule has 1 heterocycles. The average Bonchev–Trinajstić information content (AvgIpc) is 2.78. The molecular weight excluding hydrogens is 390 g/mol. The molecule has 1 aliphatic rings. The maximum atomic E-state index is 12.6. The summed E-state index contributed by atoms with van der Waals surface area (Å²) in [4.78, 5) is 29.1. The molecule has 0 aromatic heterocycles. The Hall–Kier alpha value is -3.02. The van der Waals surface area contributed by atoms with E-state index in [1.165, 1.54) is 24.9 Å². The van der Waals surface area contributed by atoms with Gasteiger partial charge in [-0.15, -0.1) is 0 Å². The number of para-hydroxylation sites is 1. The first kappa shape index (κ1) is 22.7. The number of piperidine rings is 1. The summed E-state index contributed by atoms with van der Waals surface area (Å²) in [5.41, 5.74) is 2.84. The van der Waals surface area contributed by atoms with Crippen LogP contribution in [0.4, 0.5) is 5.69 Å². The maximum Gasteiger partial charge on any atom is 0.251 e. The predicted molar refractivity (Wildman–Crippen MR) is 124 cm³/mol. The van der Waals surface area contributed by atoms with E-state index in [2.05, 4.69) is 22.3 Å². The molecule has 166 valence electrons. The first-order chi connectivity index (χ1) is 14.9. The number of ether oxygens (including phenoxy) is 1. The van der Waals surface area contributed by atoms with Crippen LogP contribution in [0.3, 0.4) is 0 Å². The number of anilines is 1. The molecule has 2 aromatic carbocycles. The molecule has 1 saturated heterocycles. The van der Waals surface area contributed by atoms with Crippen LogP contribution >= 0.6 is 0 Å². The fraction of sp³-hybridized carbons (Fsp3) is 0.440. The quantitative estimate of drug-likeness (QED) is 0.701. The number of carbonyl (C=O) groups excluding carboxylic acids is 2. The molecule has 0 saturated carbocycles. The standard InChI is InChI=1S/C25H33N3O3/c1-19(2)31-22-13-11-20(12-14-22)25(30)26-17-24(29)27(3)18-21-9-5-6-10-23(21)28-15-7-4-8-16-28/h5-6,9-14,19H,4,7-8,15-18H2,1-3H3,(H,26,30). The smallest absolute Gasteiger partial charge is 0.251 e. The summed E-state index contributed by atoms with van der Waals surface area (Å²) >= 11 is 0. The number of hydrogen-bond acceptors (Lipinski definition) is 4. The van der Waals surface area contributed by atoms with E-state index < -0.39 is 0 Å². The van der Waals surface area contributed by atoms with Gasteiger partial charge >= 0.3 is 0 Å². The van der Waals surface area contributed by atoms with Crippen LogP contribution in [0.1, 0.15) is 49.0 Å². The van der Waals surface area contributed by atoms with Crippen molar-refractivity contribution in [3.63, 3.8) is 0 Å². The molecule has 3 rings (SSSR count). The highest BCUT2D eigenvalue weighted by molar-refractivity contribution is 5.96. The molecule has 1 aliphatic heterocycles. The third-order valence-electron chi connectivity index (χ3n) is 5.41. The lowest BCUT2D eigenvalue weighted by Gasteiger charge is -2.31. The zero-order valence-electron chi connectivity index (χ0n) is 18.8. The molecule has 6 nitrogen and oxygen atoms in total. The highest BCUT2D eigenvalue weighted by Gasteiger charge is 2.17. The van der Waals surface area contributed by atoms with Crippen molar-refractivity contribution in [2.24, 2.45) is 0 Å². The molecule has 0 unspecified atom stereocenters. The van der Waals surface area contributed by atoms with Crippen molar-refractivity contribution >= 4 is 17.5 Å². The van der Waals surface area contributed by atoms with E-state index in [4.69, 9.17) is 4.74 Å². The van der Waals surface area contributed by atoms with Crippen LogP contribution in [0, 0.1) is 0 Å². The molecule has 1 N–H and O–H groups in total. The molecule has 0 radical (unpaired) electrons. The Morgan fingerprint density at radius 2 is 1.71 bits per heavy atom. The summed E-state index contributed by atoms with van der Waals surface area (Å²) in [6, 6.07) is 15.2. The van der Waals surface area contributed by atoms with E-state index in [9.17, 15) is 9.59 Å². The molecule has 31 heavy (non-hydrogen) atoms. The van der Waals surface area contributed by atoms with Crippen molar-refractivity contribution in [1.29, 1.82) is 0 Å². The Bertz CT molecular complexity index is 874. The lowest BCUT2D eigenvalue weighted by Crippen LogP contribution is -2.38. The van der Waals surface area contributed by atoms with Gasteiger partial charge in [0.25, 0.3) is 5.91 Å². The number of benzene rings is 2. The minimum atomic E-state index is -0.272. The second kappa shape index (κ2) is 10.8. The zero-order chi connectivity index (χ0) is 22.2. The fourth-order valence-corrected chi connectivity index (χ4v) is 3.78. The molecule has 0 atom stereocenters. The highest BCUT2D eigenvalue weighted by atomic mass is 16.5. The molecule has 1 fully saturated rings. The van der Waals surface area contributed by atoms with Crippen LogP contribution in [0.2, 0.25) is 0 Å². The van der Waals surface area contributed by atoms with Crippen LogP contribution < -0.4 is 15.0 Å². The van der Waals surface area contributed by atoms with Gasteiger partial charge in [0.15, 0.2) is 0 Å². The Labute approximate surface area is 185 Å². The van der Waals surface area contributed by atoms with Crippen molar-refractivity contribution < 1.29 is 14.3 Å². The molecule has 2 aromatic rings. The van der Waals surface area contributed by atoms with Gasteiger partial charge in [-0.05, 0) is 69.0 Å². The minimum Gasteiger partial charge on any atom is -0.491 e. The van der Waals surface area contributed by atoms with Gasteiger partial charge in [-0.2, -0.15) is 0 Å². The molecule has 0 spiro atoms. The van der Waals surface area contributed by atoms with Crippen molar-refractivity contribution in [2.45, 2.75) is 45.8 Å². The van der Waals surface area contributed by atoms with E-state index in [0.29, 0.717) is 12.1 Å². The number of carbonyl (C=O) groups is 2. The maximum absolute atomic E-state index is 12.6. The largest absolute Gasteiger partial charge is 0.491 e. The Balaban J connectivity index is 1.53. The summed E-state index contributed by atoms with van der Waals surface area (Å²) < 4.78 is 5.59. The second-order valence-corrected chi connectivity index (χ2v) is 8.30. The fourth-order valence-electron chi connectivity index (χ4n) is 3.78. The van der Waals surface area contributed by atoms with E-state index >= 15 is 0 Å². The van der Waals surface area contributed by atoms with Gasteiger partial charge in [-0.25, -0.2) is 0 Å². The van der Waals surface area contributed by atoms with Gasteiger partial charge < -0.3 is 19.9 Å². The number of amides is 2. The second-order valence-electron chi connectivity index (χ2n) is 8.30. The molecule has 0 aliphatic carbocycles. The van der Waals surface area contributed by atoms with E-state index in [-0.39, 0.29) is 24.5 Å². The average molecular weight is 424 g/mol. The third kappa shape index (κ3) is 6.48. The molecule has 2 amide bonds. The van der Waals surface area contributed by atoms with Gasteiger partial charge in [-0.1, -0.05) is 18.2 Å². The van der Waals surface area contributed by atoms with Crippen LogP contribution in [0.5, 0.6) is 5.75 Å². The lowest BCUT2D eigenvalue weighted by atomic mass is 10.1. The van der Waals surface area contributed by atoms with Gasteiger partial charge in [0.05, 0.1) is 12.6 Å². The van der Waals surface area contributed by atoms with Crippen molar-refractivity contribution in [1.82, 2.24) is 10.2 Å². The van der Waals surface area contributed by atoms with Gasteiger partial charge in [0.2, 0.25) is 5.91 Å². The normalized spacial score (nSPS) is 13.7. The van der Waals surface area contributed by atoms with E-state index in [1.807, 2.05) is 26.0 Å². The Kier molecular flexibility index (Phi) is 7.93. The van der Waals surface area contributed by atoms with Crippen molar-refractivity contribution in [2.75, 3.05) is 31.6 Å². The monoisotopic (exact) mass is 423 g/mol. The van der Waals surface area contributed by atoms with Gasteiger partial charge in [-0.3, -0.25) is 9.59 Å². The van der Waals surface area contributed by atoms with Gasteiger partial charge in [0.1, 0.15) is 5.75 Å². The molecule has 0 bridgehead atoms. The lowest BCUT2D eigenvalue weighted by molar-refractivity contribution is -0.129. The van der Waals surface area contributed by atoms with Crippen LogP contribution in [-0.4, -0.2) is 49.5 Å². The Morgan fingerprint density at radius 1 is 1.03 bits per heavy atom. The summed E-state index contributed by atoms with van der Waals surface area (Å²) in [5, 5.41) is 2.72. The van der Waals surface area contributed by atoms with E-state index in [0.717, 1.165) is 24.4 Å². The highest BCUT2D eigenvalue weighted by Crippen LogP contribution is 2.25. The van der Waals surface area contributed by atoms with Crippen molar-refractivity contribution in [3.05, 3.63) is 59.7 Å². The zero-order valence-corrected chi connectivity index (χ0v) is 18.8. The summed E-state index contributed by atoms with van der Waals surface area (Å²) in [6.45, 7) is 6.51. The van der Waals surface area contributed by atoms with Crippen LogP contribution in [0.25, 0.3) is 0 Å². The summed E-state index contributed by atoms with van der Waals surface area (Å²) in [6.07, 6.45) is 3.77. The Morgan fingerprint density at radius 3 is 2.39 bits per heavy atom. The number of likely N-dealkylation sites (N-methyl/N-ethyl adjacent to an activating group) is 1. The molecule has 6 heteroatoms. The predicted octanol–water partition coefficient (Wildman–Crippen LogP) is 3.85. The van der Waals surface area contributed by atoms with Crippen LogP contribution in [0.15, 0.2) is 48.5 Å². The van der Waals surface area contributed by atoms with Crippen molar-refractivity contribution in [3.8, 4) is 5.75 Å². The van der Waals surface area contributed by atoms with Gasteiger partial charge in [0, 0.05) is 37.9 Å². The topological polar surface area (TPSA) is 61.9 Å². The molecular formula is C25H33N3O3. The minimum absolute atomic E-state index is 0.0362. The SMILES string of the molecule is CC(C)Oc1ccc(C(=O)NCC(=O)N(C)Cc2ccccc2N2CCCCC2)cc1. The summed E-state index contributed by atoms with van der Waals surface area (Å²) in [7, 11) is 1.78. The number of rotatable bonds is 8.